The first-order chi connectivity index (χ1) is 21.2. The van der Waals surface area contributed by atoms with Crippen LogP contribution >= 0.6 is 0 Å². The van der Waals surface area contributed by atoms with Gasteiger partial charge in [-0.3, -0.25) is 28.9 Å². The monoisotopic (exact) mass is 619 g/mol. The number of ether oxygens (including phenoxy) is 1. The fourth-order valence-electron chi connectivity index (χ4n) is 6.79. The van der Waals surface area contributed by atoms with E-state index in [4.69, 9.17) is 5.73 Å². The van der Waals surface area contributed by atoms with E-state index in [0.29, 0.717) is 22.4 Å². The van der Waals surface area contributed by atoms with Crippen molar-refractivity contribution in [2.75, 3.05) is 26.5 Å². The molecular formula is C32H33N3O10. The number of amides is 2. The molecular weight excluding hydrogens is 586 g/mol. The molecule has 1 saturated carbocycles. The highest BCUT2D eigenvalue weighted by atomic mass is 16.5. The number of anilines is 1. The molecule has 2 aromatic rings. The number of methoxy groups -OCH3 is 1. The summed E-state index contributed by atoms with van der Waals surface area (Å²) >= 11 is 0. The molecule has 0 spiro atoms. The largest absolute Gasteiger partial charge is 0.508 e. The van der Waals surface area contributed by atoms with E-state index in [-0.39, 0.29) is 48.5 Å². The number of Topliss-reactive ketones (excluding diaryl/α,β-unsaturated/α-hetero) is 2. The lowest BCUT2D eigenvalue weighted by Gasteiger charge is -2.50. The molecule has 45 heavy (non-hydrogen) atoms. The van der Waals surface area contributed by atoms with Crippen LogP contribution in [0.25, 0.3) is 16.9 Å². The highest BCUT2D eigenvalue weighted by Crippen LogP contribution is 2.53. The molecule has 1 fully saturated rings. The number of nitrogens with one attached hydrogen (secondary N) is 1. The number of benzene rings is 2. The van der Waals surface area contributed by atoms with E-state index < -0.39 is 64.0 Å². The van der Waals surface area contributed by atoms with E-state index in [1.165, 1.54) is 32.2 Å². The molecule has 7 N–H and O–H groups in total. The third kappa shape index (κ3) is 5.03. The van der Waals surface area contributed by atoms with Crippen LogP contribution in [-0.2, 0) is 35.1 Å². The smallest absolute Gasteiger partial charge is 0.306 e. The number of esters is 1. The van der Waals surface area contributed by atoms with Crippen molar-refractivity contribution in [2.24, 2.45) is 17.6 Å². The molecule has 0 bridgehead atoms. The Morgan fingerprint density at radius 2 is 1.71 bits per heavy atom. The average molecular weight is 620 g/mol. The minimum atomic E-state index is -2.71. The maximum absolute atomic E-state index is 14.0. The minimum Gasteiger partial charge on any atom is -0.508 e. The number of nitrogens with zero attached hydrogens (tertiary/aromatic N) is 1. The lowest BCUT2D eigenvalue weighted by molar-refractivity contribution is -0.153. The lowest BCUT2D eigenvalue weighted by atomic mass is 9.57. The second-order valence-electron chi connectivity index (χ2n) is 11.6. The zero-order valence-corrected chi connectivity index (χ0v) is 24.8. The first kappa shape index (κ1) is 31.4. The molecule has 236 valence electrons. The summed E-state index contributed by atoms with van der Waals surface area (Å²) in [6, 6.07) is 8.57. The number of aliphatic hydroxyl groups is 3. The minimum absolute atomic E-state index is 0.0241. The molecule has 0 aromatic heterocycles. The molecule has 5 rings (SSSR count). The Hall–Kier alpha value is -5.01. The van der Waals surface area contributed by atoms with E-state index in [1.54, 1.807) is 30.3 Å². The average Bonchev–Trinajstić information content (AvgIpc) is 2.98. The summed E-state index contributed by atoms with van der Waals surface area (Å²) in [5.74, 6) is -8.03. The van der Waals surface area contributed by atoms with Gasteiger partial charge in [0, 0.05) is 23.6 Å². The third-order valence-electron chi connectivity index (χ3n) is 8.87. The molecule has 0 radical (unpaired) electrons. The van der Waals surface area contributed by atoms with Crippen LogP contribution in [0.15, 0.2) is 53.3 Å². The molecule has 13 nitrogen and oxygen atoms in total. The fraction of sp³-hybridized carbons (Fsp3) is 0.344. The molecule has 13 heteroatoms. The number of carbonyl (C=O) groups excluding carboxylic acids is 5. The maximum Gasteiger partial charge on any atom is 0.306 e. The molecule has 3 aliphatic rings. The number of fused-ring (bicyclic) bond motifs is 3. The predicted molar refractivity (Wildman–Crippen MR) is 160 cm³/mol. The zero-order chi connectivity index (χ0) is 33.0. The summed E-state index contributed by atoms with van der Waals surface area (Å²) in [7, 11) is 4.31. The van der Waals surface area contributed by atoms with Crippen molar-refractivity contribution in [3.63, 3.8) is 0 Å². The van der Waals surface area contributed by atoms with Gasteiger partial charge in [0.2, 0.25) is 11.7 Å². The van der Waals surface area contributed by atoms with Crippen molar-refractivity contribution >= 4 is 40.8 Å². The quantitative estimate of drug-likeness (QED) is 0.193. The van der Waals surface area contributed by atoms with Crippen LogP contribution < -0.4 is 11.1 Å². The van der Waals surface area contributed by atoms with Crippen molar-refractivity contribution in [1.82, 2.24) is 4.90 Å². The van der Waals surface area contributed by atoms with Crippen LogP contribution in [0.5, 0.6) is 5.75 Å². The number of hydrogen-bond acceptors (Lipinski definition) is 11. The molecule has 0 saturated heterocycles. The van der Waals surface area contributed by atoms with Gasteiger partial charge in [-0.15, -0.1) is 0 Å². The van der Waals surface area contributed by atoms with Crippen LogP contribution in [0.3, 0.4) is 0 Å². The normalized spacial score (nSPS) is 24.2. The highest BCUT2D eigenvalue weighted by Gasteiger charge is 2.64. The Morgan fingerprint density at radius 3 is 2.31 bits per heavy atom. The number of ketones is 2. The first-order valence-electron chi connectivity index (χ1n) is 14.2. The SMILES string of the molecule is COC(=O)CCC(=O)Nc1ccc(-c2ccc(O)c3c2C[C@H]2C[C@H]4[C@H](N(C)C)C(=O)C(C(N)=O)=C(O)[C@@]4(O)C(=O)C2=C3O)cc1. The van der Waals surface area contributed by atoms with Crippen molar-refractivity contribution in [3.8, 4) is 16.9 Å². The Morgan fingerprint density at radius 1 is 1.04 bits per heavy atom. The number of aliphatic hydroxyl groups excluding tert-OH is 2. The van der Waals surface area contributed by atoms with E-state index in [0.717, 1.165) is 0 Å². The van der Waals surface area contributed by atoms with Crippen molar-refractivity contribution < 1.29 is 49.1 Å². The standard InChI is InChI=1S/C32H33N3O10/c1-35(2)26-19-13-15-12-18-17(14-4-6-16(7-5-14)34-21(37)10-11-22(38)45-3)8-9-20(36)24(18)27(39)23(15)29(41)32(19,44)30(42)25(28(26)40)31(33)43/h4-9,15,19,26,36,39,42,44H,10-13H2,1-3H3,(H2,33,43)(H,34,37)/t15-,19-,26-,32-/m0/s1. The van der Waals surface area contributed by atoms with E-state index in [2.05, 4.69) is 10.1 Å². The summed E-state index contributed by atoms with van der Waals surface area (Å²) in [6.45, 7) is 0. The predicted octanol–water partition coefficient (Wildman–Crippen LogP) is 1.52. The fourth-order valence-corrected chi connectivity index (χ4v) is 6.79. The Labute approximate surface area is 257 Å². The van der Waals surface area contributed by atoms with Gasteiger partial charge >= 0.3 is 5.97 Å². The summed E-state index contributed by atoms with van der Waals surface area (Å²) in [5, 5.41) is 47.7. The molecule has 2 aromatic carbocycles. The number of aromatic hydroxyl groups is 1. The summed E-state index contributed by atoms with van der Waals surface area (Å²) in [4.78, 5) is 64.4. The second-order valence-corrected chi connectivity index (χ2v) is 11.6. The molecule has 4 atom stereocenters. The number of primary amides is 1. The molecule has 3 aliphatic carbocycles. The number of nitrogens with two attached hydrogens (primary N) is 1. The van der Waals surface area contributed by atoms with E-state index >= 15 is 0 Å². The summed E-state index contributed by atoms with van der Waals surface area (Å²) in [5.41, 5.74) is 3.79. The number of hydrogen-bond donors (Lipinski definition) is 6. The van der Waals surface area contributed by atoms with Crippen molar-refractivity contribution in [2.45, 2.75) is 37.3 Å². The van der Waals surface area contributed by atoms with Gasteiger partial charge in [-0.2, -0.15) is 0 Å². The van der Waals surface area contributed by atoms with Gasteiger partial charge in [-0.1, -0.05) is 18.2 Å². The third-order valence-corrected chi connectivity index (χ3v) is 8.87. The van der Waals surface area contributed by atoms with Crippen LogP contribution in [0, 0.1) is 11.8 Å². The molecule has 0 unspecified atom stereocenters. The van der Waals surface area contributed by atoms with Gasteiger partial charge in [0.15, 0.2) is 11.4 Å². The number of carbonyl (C=O) groups is 5. The lowest BCUT2D eigenvalue weighted by Crippen LogP contribution is -2.65. The van der Waals surface area contributed by atoms with E-state index in [9.17, 15) is 44.4 Å². The van der Waals surface area contributed by atoms with Gasteiger partial charge in [-0.05, 0) is 67.7 Å². The summed E-state index contributed by atoms with van der Waals surface area (Å²) < 4.78 is 4.55. The van der Waals surface area contributed by atoms with Gasteiger partial charge < -0.3 is 36.2 Å². The Kier molecular flexibility index (Phi) is 8.02. The number of phenols is 1. The zero-order valence-electron chi connectivity index (χ0n) is 24.8. The molecule has 0 heterocycles. The maximum atomic E-state index is 14.0. The number of rotatable bonds is 7. The Balaban J connectivity index is 1.54. The van der Waals surface area contributed by atoms with Gasteiger partial charge in [0.25, 0.3) is 5.91 Å². The number of likely N-dealkylation sites (N-methyl/N-ethyl adjacent to an activating group) is 1. The molecule has 0 aliphatic heterocycles. The number of phenolic OH excluding ortho intramolecular Hbond substituents is 1. The van der Waals surface area contributed by atoms with Crippen LogP contribution in [-0.4, -0.2) is 87.5 Å². The summed E-state index contributed by atoms with van der Waals surface area (Å²) in [6.07, 6.45) is -0.0178. The van der Waals surface area contributed by atoms with Crippen LogP contribution in [0.1, 0.15) is 30.4 Å². The second kappa shape index (κ2) is 11.5. The van der Waals surface area contributed by atoms with Crippen molar-refractivity contribution in [1.29, 1.82) is 0 Å². The molecule has 2 amide bonds. The van der Waals surface area contributed by atoms with Crippen LogP contribution in [0.4, 0.5) is 5.69 Å². The Bertz CT molecular complexity index is 1710. The van der Waals surface area contributed by atoms with Crippen LogP contribution in [0.2, 0.25) is 0 Å². The first-order valence-corrected chi connectivity index (χ1v) is 14.2. The van der Waals surface area contributed by atoms with Gasteiger partial charge in [0.1, 0.15) is 22.8 Å². The topological polar surface area (TPSA) is 217 Å². The van der Waals surface area contributed by atoms with Gasteiger partial charge in [-0.25, -0.2) is 0 Å². The highest BCUT2D eigenvalue weighted by molar-refractivity contribution is 6.24. The van der Waals surface area contributed by atoms with Crippen molar-refractivity contribution in [3.05, 3.63) is 64.4 Å². The van der Waals surface area contributed by atoms with E-state index in [1.807, 2.05) is 0 Å². The van der Waals surface area contributed by atoms with Gasteiger partial charge in [0.05, 0.1) is 25.1 Å².